The molecule has 0 radical (unpaired) electrons. The van der Waals surface area contributed by atoms with Crippen molar-refractivity contribution in [2.45, 2.75) is 45.1 Å². The molecule has 0 heterocycles. The molecule has 1 rings (SSSR count). The minimum absolute atomic E-state index is 0. The molecule has 0 aromatic carbocycles. The summed E-state index contributed by atoms with van der Waals surface area (Å²) in [5, 5.41) is 3.06. The molecule has 1 atom stereocenters. The lowest BCUT2D eigenvalue weighted by Gasteiger charge is -2.29. The van der Waals surface area contributed by atoms with E-state index in [1.54, 1.807) is 0 Å². The van der Waals surface area contributed by atoms with Crippen LogP contribution in [0.4, 0.5) is 0 Å². The van der Waals surface area contributed by atoms with E-state index in [2.05, 4.69) is 5.32 Å². The lowest BCUT2D eigenvalue weighted by atomic mass is 9.95. The van der Waals surface area contributed by atoms with Crippen LogP contribution in [0.15, 0.2) is 0 Å². The molecule has 5 heteroatoms. The van der Waals surface area contributed by atoms with E-state index in [1.165, 1.54) is 12.8 Å². The van der Waals surface area contributed by atoms with E-state index >= 15 is 0 Å². The average molecular weight is 265 g/mol. The Morgan fingerprint density at radius 1 is 1.53 bits per heavy atom. The largest absolute Gasteiger partial charge is 0.382 e. The van der Waals surface area contributed by atoms with Crippen molar-refractivity contribution in [2.75, 3.05) is 19.8 Å². The van der Waals surface area contributed by atoms with Crippen LogP contribution >= 0.6 is 12.4 Å². The topological polar surface area (TPSA) is 64.3 Å². The van der Waals surface area contributed by atoms with Crippen molar-refractivity contribution in [3.63, 3.8) is 0 Å². The van der Waals surface area contributed by atoms with E-state index < -0.39 is 0 Å². The zero-order valence-corrected chi connectivity index (χ0v) is 11.6. The molecule has 0 bridgehead atoms. The summed E-state index contributed by atoms with van der Waals surface area (Å²) in [6, 6.07) is 0. The molecule has 1 fully saturated rings. The van der Waals surface area contributed by atoms with Gasteiger partial charge in [0.25, 0.3) is 0 Å². The number of hydrogen-bond donors (Lipinski definition) is 2. The van der Waals surface area contributed by atoms with Crippen LogP contribution in [0.2, 0.25) is 0 Å². The summed E-state index contributed by atoms with van der Waals surface area (Å²) in [4.78, 5) is 11.7. The smallest absolute Gasteiger partial charge is 0.220 e. The summed E-state index contributed by atoms with van der Waals surface area (Å²) < 4.78 is 5.20. The fourth-order valence-corrected chi connectivity index (χ4v) is 1.90. The number of carbonyl (C=O) groups is 1. The lowest BCUT2D eigenvalue weighted by Crippen LogP contribution is -2.53. The molecule has 1 unspecified atom stereocenters. The van der Waals surface area contributed by atoms with Crippen LogP contribution in [-0.2, 0) is 9.53 Å². The first-order valence-corrected chi connectivity index (χ1v) is 6.21. The van der Waals surface area contributed by atoms with Crippen LogP contribution in [0.1, 0.15) is 39.5 Å². The first-order valence-electron chi connectivity index (χ1n) is 6.21. The molecule has 1 aliphatic carbocycles. The highest BCUT2D eigenvalue weighted by atomic mass is 35.5. The van der Waals surface area contributed by atoms with E-state index in [-0.39, 0.29) is 23.9 Å². The van der Waals surface area contributed by atoms with Crippen LogP contribution in [0.5, 0.6) is 0 Å². The van der Waals surface area contributed by atoms with Crippen LogP contribution in [0.3, 0.4) is 0 Å². The Morgan fingerprint density at radius 2 is 2.18 bits per heavy atom. The van der Waals surface area contributed by atoms with Crippen molar-refractivity contribution in [3.8, 4) is 0 Å². The molecular formula is C12H25ClN2O2. The van der Waals surface area contributed by atoms with Crippen LogP contribution in [0, 0.1) is 5.92 Å². The SMILES string of the molecule is CCOCCCC(=O)NC(C)(CN)C1CC1.Cl. The normalized spacial score (nSPS) is 18.1. The number of halogens is 1. The van der Waals surface area contributed by atoms with Gasteiger partial charge in [-0.25, -0.2) is 0 Å². The van der Waals surface area contributed by atoms with Crippen LogP contribution in [-0.4, -0.2) is 31.2 Å². The van der Waals surface area contributed by atoms with Crippen molar-refractivity contribution in [2.24, 2.45) is 11.7 Å². The first-order chi connectivity index (χ1) is 7.62. The van der Waals surface area contributed by atoms with Gasteiger partial charge in [0.1, 0.15) is 0 Å². The van der Waals surface area contributed by atoms with Gasteiger partial charge in [-0.2, -0.15) is 0 Å². The molecule has 4 nitrogen and oxygen atoms in total. The summed E-state index contributed by atoms with van der Waals surface area (Å²) in [7, 11) is 0. The average Bonchev–Trinajstić information content (AvgIpc) is 3.08. The lowest BCUT2D eigenvalue weighted by molar-refractivity contribution is -0.123. The van der Waals surface area contributed by atoms with Gasteiger partial charge in [-0.15, -0.1) is 12.4 Å². The van der Waals surface area contributed by atoms with Gasteiger partial charge in [0.15, 0.2) is 0 Å². The number of rotatable bonds is 8. The highest BCUT2D eigenvalue weighted by molar-refractivity contribution is 5.85. The zero-order valence-electron chi connectivity index (χ0n) is 10.8. The van der Waals surface area contributed by atoms with Gasteiger partial charge >= 0.3 is 0 Å². The van der Waals surface area contributed by atoms with Crippen LogP contribution < -0.4 is 11.1 Å². The summed E-state index contributed by atoms with van der Waals surface area (Å²) in [6.45, 7) is 5.90. The molecule has 17 heavy (non-hydrogen) atoms. The number of nitrogens with two attached hydrogens (primary N) is 1. The fraction of sp³-hybridized carbons (Fsp3) is 0.917. The molecule has 102 valence electrons. The van der Waals surface area contributed by atoms with E-state index in [4.69, 9.17) is 10.5 Å². The van der Waals surface area contributed by atoms with Crippen molar-refractivity contribution in [1.29, 1.82) is 0 Å². The molecule has 0 aromatic heterocycles. The number of nitrogens with one attached hydrogen (secondary N) is 1. The molecule has 1 amide bonds. The van der Waals surface area contributed by atoms with Crippen molar-refractivity contribution >= 4 is 18.3 Å². The monoisotopic (exact) mass is 264 g/mol. The second kappa shape index (κ2) is 7.90. The number of ether oxygens (including phenoxy) is 1. The number of hydrogen-bond acceptors (Lipinski definition) is 3. The van der Waals surface area contributed by atoms with Crippen molar-refractivity contribution < 1.29 is 9.53 Å². The quantitative estimate of drug-likeness (QED) is 0.653. The summed E-state index contributed by atoms with van der Waals surface area (Å²) in [5.74, 6) is 0.674. The van der Waals surface area contributed by atoms with Gasteiger partial charge in [0.2, 0.25) is 5.91 Å². The second-order valence-electron chi connectivity index (χ2n) is 4.74. The van der Waals surface area contributed by atoms with Gasteiger partial charge in [0, 0.05) is 26.2 Å². The molecule has 0 saturated heterocycles. The number of carbonyl (C=O) groups excluding carboxylic acids is 1. The van der Waals surface area contributed by atoms with E-state index in [0.29, 0.717) is 32.1 Å². The van der Waals surface area contributed by atoms with E-state index in [0.717, 1.165) is 6.42 Å². The van der Waals surface area contributed by atoms with Gasteiger partial charge in [-0.3, -0.25) is 4.79 Å². The van der Waals surface area contributed by atoms with E-state index in [1.807, 2.05) is 13.8 Å². The molecule has 0 aliphatic heterocycles. The second-order valence-corrected chi connectivity index (χ2v) is 4.74. The van der Waals surface area contributed by atoms with Gasteiger partial charge < -0.3 is 15.8 Å². The Labute approximate surface area is 110 Å². The van der Waals surface area contributed by atoms with Crippen molar-refractivity contribution in [1.82, 2.24) is 5.32 Å². The molecular weight excluding hydrogens is 240 g/mol. The summed E-state index contributed by atoms with van der Waals surface area (Å²) >= 11 is 0. The molecule has 3 N–H and O–H groups in total. The zero-order chi connectivity index (χ0) is 12.0. The Hall–Kier alpha value is -0.320. The summed E-state index contributed by atoms with van der Waals surface area (Å²) in [6.07, 6.45) is 3.69. The number of amides is 1. The maximum atomic E-state index is 11.7. The Bertz CT molecular complexity index is 235. The predicted molar refractivity (Wildman–Crippen MR) is 71.3 cm³/mol. The van der Waals surface area contributed by atoms with E-state index in [9.17, 15) is 4.79 Å². The maximum absolute atomic E-state index is 11.7. The van der Waals surface area contributed by atoms with Gasteiger partial charge in [-0.05, 0) is 39.0 Å². The Kier molecular flexibility index (Phi) is 7.75. The summed E-state index contributed by atoms with van der Waals surface area (Å²) in [5.41, 5.74) is 5.54. The minimum Gasteiger partial charge on any atom is -0.382 e. The third-order valence-electron chi connectivity index (χ3n) is 3.22. The third-order valence-corrected chi connectivity index (χ3v) is 3.22. The van der Waals surface area contributed by atoms with Gasteiger partial charge in [-0.1, -0.05) is 0 Å². The Morgan fingerprint density at radius 3 is 2.65 bits per heavy atom. The van der Waals surface area contributed by atoms with Crippen LogP contribution in [0.25, 0.3) is 0 Å². The predicted octanol–water partition coefficient (Wildman–Crippen LogP) is 1.47. The molecule has 1 aliphatic rings. The Balaban J connectivity index is 0.00000256. The highest BCUT2D eigenvalue weighted by Gasteiger charge is 2.41. The first kappa shape index (κ1) is 16.7. The standard InChI is InChI=1S/C12H24N2O2.ClH/c1-3-16-8-4-5-11(15)14-12(2,9-13)10-6-7-10;/h10H,3-9,13H2,1-2H3,(H,14,15);1H. The molecule has 1 saturated carbocycles. The highest BCUT2D eigenvalue weighted by Crippen LogP contribution is 2.38. The van der Waals surface area contributed by atoms with Gasteiger partial charge in [0.05, 0.1) is 5.54 Å². The third kappa shape index (κ3) is 5.70. The molecule has 0 spiro atoms. The van der Waals surface area contributed by atoms with Crippen molar-refractivity contribution in [3.05, 3.63) is 0 Å². The maximum Gasteiger partial charge on any atom is 0.220 e. The fourth-order valence-electron chi connectivity index (χ4n) is 1.90. The minimum atomic E-state index is -0.192. The molecule has 0 aromatic rings.